The highest BCUT2D eigenvalue weighted by Crippen LogP contribution is 2.08. The zero-order chi connectivity index (χ0) is 10.5. The van der Waals surface area contributed by atoms with E-state index < -0.39 is 0 Å². The first kappa shape index (κ1) is 12.0. The SMILES string of the molecule is CC(C)(C)C.Cc1ccc(N)cc1. The van der Waals surface area contributed by atoms with E-state index in [4.69, 9.17) is 5.73 Å². The molecule has 0 bridgehead atoms. The van der Waals surface area contributed by atoms with Crippen molar-refractivity contribution in [3.63, 3.8) is 0 Å². The number of benzene rings is 1. The molecule has 13 heavy (non-hydrogen) atoms. The molecule has 1 aromatic carbocycles. The van der Waals surface area contributed by atoms with Gasteiger partial charge < -0.3 is 5.73 Å². The van der Waals surface area contributed by atoms with Crippen molar-refractivity contribution in [2.24, 2.45) is 5.41 Å². The number of nitrogens with two attached hydrogens (primary N) is 1. The summed E-state index contributed by atoms with van der Waals surface area (Å²) in [4.78, 5) is 0. The molecule has 0 fully saturated rings. The molecule has 0 unspecified atom stereocenters. The van der Waals surface area contributed by atoms with E-state index in [9.17, 15) is 0 Å². The van der Waals surface area contributed by atoms with E-state index in [0.29, 0.717) is 5.41 Å². The van der Waals surface area contributed by atoms with Crippen LogP contribution in [0.2, 0.25) is 0 Å². The van der Waals surface area contributed by atoms with Gasteiger partial charge >= 0.3 is 0 Å². The van der Waals surface area contributed by atoms with E-state index in [1.165, 1.54) is 5.56 Å². The van der Waals surface area contributed by atoms with Crippen molar-refractivity contribution in [2.75, 3.05) is 5.73 Å². The molecular weight excluding hydrogens is 158 g/mol. The molecule has 0 saturated heterocycles. The highest BCUT2D eigenvalue weighted by atomic mass is 14.5. The van der Waals surface area contributed by atoms with E-state index >= 15 is 0 Å². The number of nitrogen functional groups attached to an aromatic ring is 1. The van der Waals surface area contributed by atoms with Crippen molar-refractivity contribution in [1.29, 1.82) is 0 Å². The molecule has 0 heterocycles. The maximum absolute atomic E-state index is 5.43. The van der Waals surface area contributed by atoms with E-state index in [2.05, 4.69) is 27.7 Å². The molecule has 0 aliphatic rings. The lowest BCUT2D eigenvalue weighted by atomic mass is 10.0. The normalized spacial score (nSPS) is 10.2. The molecule has 1 rings (SSSR count). The minimum Gasteiger partial charge on any atom is -0.399 e. The fraction of sp³-hybridized carbons (Fsp3) is 0.500. The van der Waals surface area contributed by atoms with Crippen molar-refractivity contribution in [3.05, 3.63) is 29.8 Å². The molecule has 0 spiro atoms. The molecule has 0 aliphatic heterocycles. The fourth-order valence-corrected chi connectivity index (χ4v) is 0.566. The van der Waals surface area contributed by atoms with Crippen molar-refractivity contribution in [3.8, 4) is 0 Å². The highest BCUT2D eigenvalue weighted by molar-refractivity contribution is 5.38. The van der Waals surface area contributed by atoms with Crippen LogP contribution in [0.3, 0.4) is 0 Å². The lowest BCUT2D eigenvalue weighted by Crippen LogP contribution is -1.93. The van der Waals surface area contributed by atoms with Gasteiger partial charge in [-0.3, -0.25) is 0 Å². The molecule has 0 saturated carbocycles. The Balaban J connectivity index is 0.000000252. The lowest BCUT2D eigenvalue weighted by Gasteiger charge is -2.05. The van der Waals surface area contributed by atoms with Gasteiger partial charge in [-0.25, -0.2) is 0 Å². The van der Waals surface area contributed by atoms with Crippen LogP contribution in [0.15, 0.2) is 24.3 Å². The summed E-state index contributed by atoms with van der Waals surface area (Å²) in [6.07, 6.45) is 0. The first-order chi connectivity index (χ1) is 5.79. The Morgan fingerprint density at radius 3 is 1.46 bits per heavy atom. The minimum absolute atomic E-state index is 0.500. The number of hydrogen-bond acceptors (Lipinski definition) is 1. The monoisotopic (exact) mass is 179 g/mol. The molecule has 2 N–H and O–H groups in total. The van der Waals surface area contributed by atoms with E-state index in [0.717, 1.165) is 5.69 Å². The quantitative estimate of drug-likeness (QED) is 0.605. The first-order valence-electron chi connectivity index (χ1n) is 4.61. The molecule has 74 valence electrons. The summed E-state index contributed by atoms with van der Waals surface area (Å²) in [6, 6.07) is 7.79. The number of aryl methyl sites for hydroxylation is 1. The third-order valence-electron chi connectivity index (χ3n) is 1.08. The maximum atomic E-state index is 5.43. The van der Waals surface area contributed by atoms with Crippen LogP contribution in [-0.4, -0.2) is 0 Å². The lowest BCUT2D eigenvalue weighted by molar-refractivity contribution is 0.469. The van der Waals surface area contributed by atoms with Gasteiger partial charge in [-0.05, 0) is 24.5 Å². The Morgan fingerprint density at radius 2 is 1.23 bits per heavy atom. The van der Waals surface area contributed by atoms with Crippen molar-refractivity contribution >= 4 is 5.69 Å². The predicted molar refractivity (Wildman–Crippen MR) is 60.7 cm³/mol. The van der Waals surface area contributed by atoms with E-state index in [1.54, 1.807) is 0 Å². The Bertz CT molecular complexity index is 201. The molecule has 1 heteroatoms. The number of anilines is 1. The highest BCUT2D eigenvalue weighted by Gasteiger charge is 1.95. The van der Waals surface area contributed by atoms with Crippen molar-refractivity contribution in [1.82, 2.24) is 0 Å². The van der Waals surface area contributed by atoms with Crippen LogP contribution in [0, 0.1) is 12.3 Å². The number of rotatable bonds is 0. The fourth-order valence-electron chi connectivity index (χ4n) is 0.566. The van der Waals surface area contributed by atoms with E-state index in [1.807, 2.05) is 31.2 Å². The van der Waals surface area contributed by atoms with Crippen LogP contribution >= 0.6 is 0 Å². The maximum Gasteiger partial charge on any atom is 0.0314 e. The van der Waals surface area contributed by atoms with Gasteiger partial charge in [0.25, 0.3) is 0 Å². The third-order valence-corrected chi connectivity index (χ3v) is 1.08. The zero-order valence-electron chi connectivity index (χ0n) is 9.39. The molecule has 0 radical (unpaired) electrons. The summed E-state index contributed by atoms with van der Waals surface area (Å²) in [6.45, 7) is 10.8. The van der Waals surface area contributed by atoms with Gasteiger partial charge in [-0.2, -0.15) is 0 Å². The van der Waals surface area contributed by atoms with Gasteiger partial charge in [0.2, 0.25) is 0 Å². The Kier molecular flexibility index (Phi) is 4.53. The molecule has 0 aliphatic carbocycles. The third kappa shape index (κ3) is 11.0. The van der Waals surface area contributed by atoms with Crippen LogP contribution in [0.4, 0.5) is 5.69 Å². The van der Waals surface area contributed by atoms with Crippen LogP contribution in [-0.2, 0) is 0 Å². The largest absolute Gasteiger partial charge is 0.399 e. The van der Waals surface area contributed by atoms with Crippen LogP contribution in [0.1, 0.15) is 33.3 Å². The summed E-state index contributed by atoms with van der Waals surface area (Å²) in [5, 5.41) is 0. The van der Waals surface area contributed by atoms with Crippen LogP contribution in [0.25, 0.3) is 0 Å². The van der Waals surface area contributed by atoms with E-state index in [-0.39, 0.29) is 0 Å². The van der Waals surface area contributed by atoms with Gasteiger partial charge in [-0.15, -0.1) is 0 Å². The predicted octanol–water partition coefficient (Wildman–Crippen LogP) is 3.63. The molecule has 1 nitrogen and oxygen atoms in total. The van der Waals surface area contributed by atoms with Gasteiger partial charge in [0, 0.05) is 5.69 Å². The second kappa shape index (κ2) is 4.90. The Labute approximate surface area is 82.0 Å². The summed E-state index contributed by atoms with van der Waals surface area (Å²) < 4.78 is 0. The summed E-state index contributed by atoms with van der Waals surface area (Å²) in [5.41, 5.74) is 8.01. The molecule has 0 aromatic heterocycles. The van der Waals surface area contributed by atoms with Crippen molar-refractivity contribution < 1.29 is 0 Å². The summed E-state index contributed by atoms with van der Waals surface area (Å²) >= 11 is 0. The Hall–Kier alpha value is -0.980. The Morgan fingerprint density at radius 1 is 0.923 bits per heavy atom. The smallest absolute Gasteiger partial charge is 0.0314 e. The molecular formula is C12H21N. The average molecular weight is 179 g/mol. The number of hydrogen-bond donors (Lipinski definition) is 1. The first-order valence-corrected chi connectivity index (χ1v) is 4.61. The second-order valence-corrected chi connectivity index (χ2v) is 4.91. The van der Waals surface area contributed by atoms with Crippen molar-refractivity contribution in [2.45, 2.75) is 34.6 Å². The van der Waals surface area contributed by atoms with Gasteiger partial charge in [0.05, 0.1) is 0 Å². The molecule has 1 aromatic rings. The standard InChI is InChI=1S/C7H9N.C5H12/c1-6-2-4-7(8)5-3-6;1-5(2,3)4/h2-5H,8H2,1H3;1-4H3. The summed E-state index contributed by atoms with van der Waals surface area (Å²) in [7, 11) is 0. The zero-order valence-corrected chi connectivity index (χ0v) is 9.39. The average Bonchev–Trinajstić information content (AvgIpc) is 1.92. The summed E-state index contributed by atoms with van der Waals surface area (Å²) in [5.74, 6) is 0. The van der Waals surface area contributed by atoms with Crippen LogP contribution in [0.5, 0.6) is 0 Å². The second-order valence-electron chi connectivity index (χ2n) is 4.91. The minimum atomic E-state index is 0.500. The molecule has 0 amide bonds. The van der Waals surface area contributed by atoms with Gasteiger partial charge in [0.15, 0.2) is 0 Å². The topological polar surface area (TPSA) is 26.0 Å². The van der Waals surface area contributed by atoms with Gasteiger partial charge in [0.1, 0.15) is 0 Å². The van der Waals surface area contributed by atoms with Crippen LogP contribution < -0.4 is 5.73 Å². The van der Waals surface area contributed by atoms with Gasteiger partial charge in [-0.1, -0.05) is 45.4 Å². The molecule has 0 atom stereocenters.